The van der Waals surface area contributed by atoms with Gasteiger partial charge in [-0.05, 0) is 25.6 Å². The highest BCUT2D eigenvalue weighted by Crippen LogP contribution is 2.13. The molecule has 15 heavy (non-hydrogen) atoms. The number of hydrogen-bond acceptors (Lipinski definition) is 4. The normalized spacial score (nSPS) is 15.3. The van der Waals surface area contributed by atoms with Crippen LogP contribution in [0.4, 0.5) is 0 Å². The number of Topliss-reactive ketones (excluding diaryl/α,β-unsaturated/α-hetero) is 1. The summed E-state index contributed by atoms with van der Waals surface area (Å²) >= 11 is 6.10. The first-order valence-corrected chi connectivity index (χ1v) is 7.20. The average molecular weight is 249 g/mol. The zero-order chi connectivity index (χ0) is 11.8. The molecule has 0 bridgehead atoms. The summed E-state index contributed by atoms with van der Waals surface area (Å²) in [5.41, 5.74) is 0. The number of hydrogen-bond donors (Lipinski definition) is 1. The highest BCUT2D eigenvalue weighted by molar-refractivity contribution is 7.99. The van der Waals surface area contributed by atoms with Crippen molar-refractivity contribution in [3.8, 4) is 0 Å². The summed E-state index contributed by atoms with van der Waals surface area (Å²) in [6.45, 7) is 6.10. The summed E-state index contributed by atoms with van der Waals surface area (Å²) in [5.74, 6) is 3.65. The molecule has 0 spiro atoms. The van der Waals surface area contributed by atoms with E-state index in [9.17, 15) is 4.79 Å². The van der Waals surface area contributed by atoms with Gasteiger partial charge in [0.05, 0.1) is 6.04 Å². The molecule has 0 heterocycles. The third kappa shape index (κ3) is 6.48. The van der Waals surface area contributed by atoms with Crippen molar-refractivity contribution in [2.75, 3.05) is 24.4 Å². The molecule has 0 aromatic heterocycles. The van der Waals surface area contributed by atoms with Crippen LogP contribution in [0.2, 0.25) is 0 Å². The Morgan fingerprint density at radius 3 is 2.53 bits per heavy atom. The van der Waals surface area contributed by atoms with E-state index < -0.39 is 0 Å². The maximum Gasteiger partial charge on any atom is 0.147 e. The summed E-state index contributed by atoms with van der Waals surface area (Å²) in [6.07, 6.45) is 1.22. The summed E-state index contributed by atoms with van der Waals surface area (Å²) in [4.78, 5) is 13.4. The van der Waals surface area contributed by atoms with E-state index in [2.05, 4.69) is 31.4 Å². The summed E-state index contributed by atoms with van der Waals surface area (Å²) < 4.78 is 0. The van der Waals surface area contributed by atoms with Crippen molar-refractivity contribution in [2.24, 2.45) is 5.92 Å². The lowest BCUT2D eigenvalue weighted by atomic mass is 10.2. The number of nitrogens with zero attached hydrogens (tertiary/aromatic N) is 1. The maximum atomic E-state index is 11.3. The number of carbonyl (C=O) groups excluding carboxylic acids is 1. The molecule has 0 aliphatic rings. The van der Waals surface area contributed by atoms with E-state index in [0.29, 0.717) is 5.75 Å². The van der Waals surface area contributed by atoms with Crippen molar-refractivity contribution in [3.05, 3.63) is 0 Å². The Balaban J connectivity index is 3.81. The largest absolute Gasteiger partial charge is 0.298 e. The average Bonchev–Trinajstić information content (AvgIpc) is 2.17. The first-order chi connectivity index (χ1) is 7.02. The molecule has 0 rings (SSSR count). The Bertz CT molecular complexity index is 187. The van der Waals surface area contributed by atoms with Crippen LogP contribution in [-0.4, -0.2) is 41.2 Å². The molecule has 2 nitrogen and oxygen atoms in total. The first-order valence-electron chi connectivity index (χ1n) is 5.42. The van der Waals surface area contributed by atoms with Gasteiger partial charge < -0.3 is 0 Å². The SMILES string of the molecule is CCC(C)CSCN(C)[C@@H](CS)C(C)=O. The van der Waals surface area contributed by atoms with Crippen LogP contribution in [0.1, 0.15) is 27.2 Å². The highest BCUT2D eigenvalue weighted by Gasteiger charge is 2.17. The molecule has 0 saturated carbocycles. The van der Waals surface area contributed by atoms with Crippen LogP contribution in [0, 0.1) is 5.92 Å². The van der Waals surface area contributed by atoms with Gasteiger partial charge in [0.2, 0.25) is 0 Å². The van der Waals surface area contributed by atoms with Crippen LogP contribution in [-0.2, 0) is 4.79 Å². The van der Waals surface area contributed by atoms with Gasteiger partial charge in [0.15, 0.2) is 0 Å². The van der Waals surface area contributed by atoms with Gasteiger partial charge in [-0.3, -0.25) is 9.69 Å². The lowest BCUT2D eigenvalue weighted by Gasteiger charge is -2.24. The molecule has 0 N–H and O–H groups in total. The molecular weight excluding hydrogens is 226 g/mol. The quantitative estimate of drug-likeness (QED) is 0.527. The van der Waals surface area contributed by atoms with Gasteiger partial charge in [0.1, 0.15) is 5.78 Å². The van der Waals surface area contributed by atoms with E-state index in [1.54, 1.807) is 6.92 Å². The van der Waals surface area contributed by atoms with E-state index in [4.69, 9.17) is 0 Å². The second kappa shape index (κ2) is 8.48. The fourth-order valence-corrected chi connectivity index (χ4v) is 2.93. The van der Waals surface area contributed by atoms with E-state index >= 15 is 0 Å². The molecule has 1 unspecified atom stereocenters. The van der Waals surface area contributed by atoms with Gasteiger partial charge in [-0.15, -0.1) is 11.8 Å². The monoisotopic (exact) mass is 249 g/mol. The van der Waals surface area contributed by atoms with Gasteiger partial charge in [-0.1, -0.05) is 20.3 Å². The zero-order valence-electron chi connectivity index (χ0n) is 10.2. The lowest BCUT2D eigenvalue weighted by molar-refractivity contribution is -0.120. The first kappa shape index (κ1) is 15.3. The number of carbonyl (C=O) groups is 1. The lowest BCUT2D eigenvalue weighted by Crippen LogP contribution is -2.38. The fourth-order valence-electron chi connectivity index (χ4n) is 1.18. The molecule has 0 aromatic rings. The molecular formula is C11H23NOS2. The predicted molar refractivity (Wildman–Crippen MR) is 72.9 cm³/mol. The third-order valence-corrected chi connectivity index (χ3v) is 4.31. The van der Waals surface area contributed by atoms with Gasteiger partial charge in [-0.25, -0.2) is 0 Å². The second-order valence-corrected chi connectivity index (χ2v) is 5.44. The number of ketones is 1. The smallest absolute Gasteiger partial charge is 0.147 e. The van der Waals surface area contributed by atoms with Crippen LogP contribution < -0.4 is 0 Å². The molecule has 0 aliphatic heterocycles. The van der Waals surface area contributed by atoms with Crippen molar-refractivity contribution in [3.63, 3.8) is 0 Å². The third-order valence-electron chi connectivity index (χ3n) is 2.57. The van der Waals surface area contributed by atoms with Crippen LogP contribution in [0.15, 0.2) is 0 Å². The number of thioether (sulfide) groups is 1. The molecule has 4 heteroatoms. The minimum absolute atomic E-state index is 0.0298. The van der Waals surface area contributed by atoms with Crippen LogP contribution in [0.5, 0.6) is 0 Å². The summed E-state index contributed by atoms with van der Waals surface area (Å²) in [6, 6.07) is -0.0298. The molecule has 0 saturated heterocycles. The predicted octanol–water partition coefficient (Wildman–Crippen LogP) is 2.54. The van der Waals surface area contributed by atoms with Crippen molar-refractivity contribution < 1.29 is 4.79 Å². The minimum Gasteiger partial charge on any atom is -0.298 e. The van der Waals surface area contributed by atoms with E-state index in [1.165, 1.54) is 6.42 Å². The highest BCUT2D eigenvalue weighted by atomic mass is 32.2. The van der Waals surface area contributed by atoms with Gasteiger partial charge in [0, 0.05) is 11.6 Å². The van der Waals surface area contributed by atoms with E-state index in [0.717, 1.165) is 17.5 Å². The fraction of sp³-hybridized carbons (Fsp3) is 0.909. The van der Waals surface area contributed by atoms with E-state index in [1.807, 2.05) is 18.8 Å². The van der Waals surface area contributed by atoms with Gasteiger partial charge in [-0.2, -0.15) is 12.6 Å². The Morgan fingerprint density at radius 1 is 1.53 bits per heavy atom. The summed E-state index contributed by atoms with van der Waals surface area (Å²) in [7, 11) is 1.99. The standard InChI is InChI=1S/C11H23NOS2/c1-5-9(2)7-15-8-12(4)11(6-14)10(3)13/h9,11,14H,5-8H2,1-4H3/t9?,11-/m0/s1. The molecule has 0 radical (unpaired) electrons. The molecule has 90 valence electrons. The molecule has 2 atom stereocenters. The Morgan fingerprint density at radius 2 is 2.13 bits per heavy atom. The van der Waals surface area contributed by atoms with Crippen molar-refractivity contribution in [1.29, 1.82) is 0 Å². The van der Waals surface area contributed by atoms with Gasteiger partial charge >= 0.3 is 0 Å². The molecule has 0 fully saturated rings. The van der Waals surface area contributed by atoms with Crippen LogP contribution in [0.25, 0.3) is 0 Å². The zero-order valence-corrected chi connectivity index (χ0v) is 11.9. The molecule has 0 amide bonds. The van der Waals surface area contributed by atoms with Crippen molar-refractivity contribution >= 4 is 30.2 Å². The molecule has 0 aromatic carbocycles. The Hall–Kier alpha value is 0.330. The van der Waals surface area contributed by atoms with Crippen LogP contribution in [0.3, 0.4) is 0 Å². The number of likely N-dealkylation sites (N-methyl/N-ethyl adjacent to an activating group) is 1. The van der Waals surface area contributed by atoms with Crippen molar-refractivity contribution in [1.82, 2.24) is 4.90 Å². The Labute approximate surface area is 104 Å². The second-order valence-electron chi connectivity index (χ2n) is 4.08. The van der Waals surface area contributed by atoms with Crippen molar-refractivity contribution in [2.45, 2.75) is 33.2 Å². The van der Waals surface area contributed by atoms with Crippen LogP contribution >= 0.6 is 24.4 Å². The van der Waals surface area contributed by atoms with E-state index in [-0.39, 0.29) is 11.8 Å². The minimum atomic E-state index is -0.0298. The number of rotatable bonds is 8. The van der Waals surface area contributed by atoms with Gasteiger partial charge in [0.25, 0.3) is 0 Å². The number of thiol groups is 1. The summed E-state index contributed by atoms with van der Waals surface area (Å²) in [5, 5.41) is 0. The maximum absolute atomic E-state index is 11.3. The Kier molecular flexibility index (Phi) is 8.66. The topological polar surface area (TPSA) is 20.3 Å². The molecule has 0 aliphatic carbocycles.